The van der Waals surface area contributed by atoms with E-state index in [1.807, 2.05) is 37.3 Å². The number of carbonyl (C=O) groups is 1. The summed E-state index contributed by atoms with van der Waals surface area (Å²) in [6.45, 7) is 4.56. The molecule has 1 N–H and O–H groups in total. The Balaban J connectivity index is 2.26. The third kappa shape index (κ3) is 5.51. The summed E-state index contributed by atoms with van der Waals surface area (Å²) < 4.78 is 11.0. The van der Waals surface area contributed by atoms with Crippen molar-refractivity contribution in [2.24, 2.45) is 0 Å². The molecular formula is C22H23ClN2O3. The van der Waals surface area contributed by atoms with Gasteiger partial charge in [0.2, 0.25) is 0 Å². The van der Waals surface area contributed by atoms with Crippen molar-refractivity contribution in [2.45, 2.75) is 26.7 Å². The first-order valence-electron chi connectivity index (χ1n) is 9.04. The first kappa shape index (κ1) is 21.3. The summed E-state index contributed by atoms with van der Waals surface area (Å²) in [6, 6.07) is 12.7. The lowest BCUT2D eigenvalue weighted by Gasteiger charge is -2.13. The predicted octanol–water partition coefficient (Wildman–Crippen LogP) is 5.25. The van der Waals surface area contributed by atoms with Crippen LogP contribution in [-0.2, 0) is 11.2 Å². The molecule has 1 amide bonds. The number of hydrogen-bond donors (Lipinski definition) is 1. The number of hydrogen-bond acceptors (Lipinski definition) is 4. The fraction of sp³-hybridized carbons (Fsp3) is 0.273. The Hall–Kier alpha value is -2.97. The normalized spacial score (nSPS) is 10.9. The molecule has 28 heavy (non-hydrogen) atoms. The van der Waals surface area contributed by atoms with Crippen molar-refractivity contribution in [3.63, 3.8) is 0 Å². The number of ether oxygens (including phenoxy) is 2. The number of anilines is 1. The van der Waals surface area contributed by atoms with E-state index in [1.54, 1.807) is 12.1 Å². The molecule has 0 spiro atoms. The topological polar surface area (TPSA) is 71.3 Å². The summed E-state index contributed by atoms with van der Waals surface area (Å²) in [6.07, 6.45) is 3.21. The Labute approximate surface area is 170 Å². The molecule has 0 aromatic heterocycles. The second-order valence-electron chi connectivity index (χ2n) is 6.06. The lowest BCUT2D eigenvalue weighted by molar-refractivity contribution is -0.112. The van der Waals surface area contributed by atoms with Crippen LogP contribution in [0.1, 0.15) is 31.4 Å². The second-order valence-corrected chi connectivity index (χ2v) is 6.46. The van der Waals surface area contributed by atoms with Crippen molar-refractivity contribution in [2.75, 3.05) is 19.0 Å². The van der Waals surface area contributed by atoms with Gasteiger partial charge in [0.25, 0.3) is 5.91 Å². The molecule has 2 rings (SSSR count). The zero-order valence-corrected chi connectivity index (χ0v) is 17.0. The maximum atomic E-state index is 12.5. The highest BCUT2D eigenvalue weighted by molar-refractivity contribution is 6.32. The van der Waals surface area contributed by atoms with Crippen LogP contribution in [-0.4, -0.2) is 19.6 Å². The van der Waals surface area contributed by atoms with Crippen LogP contribution in [0.15, 0.2) is 42.0 Å². The van der Waals surface area contributed by atoms with Gasteiger partial charge in [0.1, 0.15) is 11.6 Å². The van der Waals surface area contributed by atoms with E-state index in [9.17, 15) is 10.1 Å². The van der Waals surface area contributed by atoms with Crippen molar-refractivity contribution >= 4 is 29.3 Å². The molecule has 0 fully saturated rings. The summed E-state index contributed by atoms with van der Waals surface area (Å²) in [7, 11) is 1.51. The third-order valence-electron chi connectivity index (χ3n) is 4.00. The highest BCUT2D eigenvalue weighted by Gasteiger charge is 2.14. The number of aryl methyl sites for hydroxylation is 1. The maximum Gasteiger partial charge on any atom is 0.266 e. The lowest BCUT2D eigenvalue weighted by atomic mass is 10.1. The van der Waals surface area contributed by atoms with Gasteiger partial charge in [0.05, 0.1) is 18.7 Å². The van der Waals surface area contributed by atoms with Crippen LogP contribution in [0, 0.1) is 11.3 Å². The van der Waals surface area contributed by atoms with E-state index in [-0.39, 0.29) is 5.57 Å². The van der Waals surface area contributed by atoms with E-state index in [1.165, 1.54) is 18.7 Å². The summed E-state index contributed by atoms with van der Waals surface area (Å²) >= 11 is 6.30. The maximum absolute atomic E-state index is 12.5. The Morgan fingerprint density at radius 3 is 2.54 bits per heavy atom. The highest BCUT2D eigenvalue weighted by atomic mass is 35.5. The lowest BCUT2D eigenvalue weighted by Crippen LogP contribution is -2.13. The van der Waals surface area contributed by atoms with Crippen LogP contribution in [0.4, 0.5) is 5.69 Å². The second kappa shape index (κ2) is 10.4. The van der Waals surface area contributed by atoms with Gasteiger partial charge < -0.3 is 14.8 Å². The number of rotatable bonds is 8. The van der Waals surface area contributed by atoms with E-state index in [0.29, 0.717) is 34.4 Å². The molecule has 0 saturated heterocycles. The van der Waals surface area contributed by atoms with Gasteiger partial charge in [-0.25, -0.2) is 0 Å². The Kier molecular flexibility index (Phi) is 7.91. The molecule has 0 atom stereocenters. The monoisotopic (exact) mass is 398 g/mol. The van der Waals surface area contributed by atoms with Crippen LogP contribution in [0.5, 0.6) is 11.5 Å². The molecule has 146 valence electrons. The van der Waals surface area contributed by atoms with Gasteiger partial charge >= 0.3 is 0 Å². The number of carbonyl (C=O) groups excluding carboxylic acids is 1. The van der Waals surface area contributed by atoms with Gasteiger partial charge in [-0.2, -0.15) is 5.26 Å². The number of methoxy groups -OCH3 is 1. The van der Waals surface area contributed by atoms with E-state index >= 15 is 0 Å². The van der Waals surface area contributed by atoms with Crippen LogP contribution < -0.4 is 14.8 Å². The molecule has 0 aliphatic rings. The molecule has 0 unspecified atom stereocenters. The van der Waals surface area contributed by atoms with Crippen molar-refractivity contribution in [3.05, 3.63) is 58.1 Å². The Morgan fingerprint density at radius 1 is 1.25 bits per heavy atom. The number of nitriles is 1. The summed E-state index contributed by atoms with van der Waals surface area (Å²) in [5.41, 5.74) is 2.32. The van der Waals surface area contributed by atoms with Gasteiger partial charge in [-0.15, -0.1) is 0 Å². The molecule has 2 aromatic rings. The summed E-state index contributed by atoms with van der Waals surface area (Å²) in [4.78, 5) is 12.5. The minimum absolute atomic E-state index is 0.0417. The first-order valence-corrected chi connectivity index (χ1v) is 9.42. The van der Waals surface area contributed by atoms with Crippen LogP contribution in [0.25, 0.3) is 6.08 Å². The molecule has 0 aliphatic heterocycles. The molecule has 0 heterocycles. The predicted molar refractivity (Wildman–Crippen MR) is 112 cm³/mol. The van der Waals surface area contributed by atoms with Crippen LogP contribution >= 0.6 is 11.6 Å². The number of amides is 1. The van der Waals surface area contributed by atoms with Crippen LogP contribution in [0.3, 0.4) is 0 Å². The summed E-state index contributed by atoms with van der Waals surface area (Å²) in [5.74, 6) is 0.398. The largest absolute Gasteiger partial charge is 0.493 e. The Bertz CT molecular complexity index is 899. The first-order chi connectivity index (χ1) is 13.5. The van der Waals surface area contributed by atoms with Crippen molar-refractivity contribution in [1.82, 2.24) is 0 Å². The molecule has 6 heteroatoms. The quantitative estimate of drug-likeness (QED) is 0.487. The van der Waals surface area contributed by atoms with E-state index in [4.69, 9.17) is 21.1 Å². The molecule has 0 radical (unpaired) electrons. The number of nitrogens with zero attached hydrogens (tertiary/aromatic N) is 1. The highest BCUT2D eigenvalue weighted by Crippen LogP contribution is 2.37. The SMILES string of the molecule is CCCOc1c(Cl)cc(/C=C(\C#N)C(=O)Nc2ccc(CC)cc2)cc1OC. The molecular weight excluding hydrogens is 376 g/mol. The van der Waals surface area contributed by atoms with Gasteiger partial charge in [-0.3, -0.25) is 4.79 Å². The molecule has 0 aliphatic carbocycles. The van der Waals surface area contributed by atoms with E-state index < -0.39 is 5.91 Å². The molecule has 2 aromatic carbocycles. The minimum atomic E-state index is -0.492. The average Bonchev–Trinajstić information content (AvgIpc) is 2.71. The fourth-order valence-electron chi connectivity index (χ4n) is 2.50. The number of halogens is 1. The van der Waals surface area contributed by atoms with Gasteiger partial charge in [-0.1, -0.05) is 37.6 Å². The van der Waals surface area contributed by atoms with Gasteiger partial charge in [-0.05, 0) is 54.3 Å². The number of benzene rings is 2. The number of nitrogens with one attached hydrogen (secondary N) is 1. The Morgan fingerprint density at radius 2 is 1.96 bits per heavy atom. The van der Waals surface area contributed by atoms with Gasteiger partial charge in [0.15, 0.2) is 11.5 Å². The molecule has 0 saturated carbocycles. The standard InChI is InChI=1S/C22H23ClN2O3/c1-4-10-28-21-19(23)12-16(13-20(21)27-3)11-17(14-24)22(26)25-18-8-6-15(5-2)7-9-18/h6-9,11-13H,4-5,10H2,1-3H3,(H,25,26)/b17-11+. The minimum Gasteiger partial charge on any atom is -0.493 e. The van der Waals surface area contributed by atoms with E-state index in [2.05, 4.69) is 12.2 Å². The van der Waals surface area contributed by atoms with Crippen molar-refractivity contribution < 1.29 is 14.3 Å². The van der Waals surface area contributed by atoms with E-state index in [0.717, 1.165) is 12.8 Å². The smallest absolute Gasteiger partial charge is 0.266 e. The zero-order chi connectivity index (χ0) is 20.5. The van der Waals surface area contributed by atoms with Gasteiger partial charge in [0, 0.05) is 5.69 Å². The average molecular weight is 399 g/mol. The zero-order valence-electron chi connectivity index (χ0n) is 16.2. The summed E-state index contributed by atoms with van der Waals surface area (Å²) in [5, 5.41) is 12.5. The van der Waals surface area contributed by atoms with Crippen molar-refractivity contribution in [3.8, 4) is 17.6 Å². The fourth-order valence-corrected chi connectivity index (χ4v) is 2.78. The molecule has 5 nitrogen and oxygen atoms in total. The third-order valence-corrected chi connectivity index (χ3v) is 4.28. The van der Waals surface area contributed by atoms with Crippen LogP contribution in [0.2, 0.25) is 5.02 Å². The van der Waals surface area contributed by atoms with Crippen molar-refractivity contribution in [1.29, 1.82) is 5.26 Å². The molecule has 0 bridgehead atoms.